The zero-order chi connectivity index (χ0) is 26.1. The molecule has 1 aliphatic carbocycles. The van der Waals surface area contributed by atoms with Crippen molar-refractivity contribution in [3.63, 3.8) is 0 Å². The molecule has 0 spiro atoms. The summed E-state index contributed by atoms with van der Waals surface area (Å²) < 4.78 is 0.734. The summed E-state index contributed by atoms with van der Waals surface area (Å²) in [5.74, 6) is -0.277. The van der Waals surface area contributed by atoms with Gasteiger partial charge in [-0.25, -0.2) is 0 Å². The van der Waals surface area contributed by atoms with Crippen molar-refractivity contribution < 1.29 is 20.1 Å². The smallest absolute Gasteiger partial charge is 0.363 e. The molecule has 11 nitrogen and oxygen atoms in total. The molecule has 0 radical (unpaired) electrons. The molecule has 0 aromatic carbocycles. The van der Waals surface area contributed by atoms with Crippen molar-refractivity contribution in [3.8, 4) is 0 Å². The van der Waals surface area contributed by atoms with E-state index in [1.807, 2.05) is 13.8 Å². The lowest BCUT2D eigenvalue weighted by Crippen LogP contribution is -2.42. The van der Waals surface area contributed by atoms with Gasteiger partial charge in [-0.3, -0.25) is 0 Å². The summed E-state index contributed by atoms with van der Waals surface area (Å²) in [7, 11) is 0. The van der Waals surface area contributed by atoms with E-state index in [-0.39, 0.29) is 17.2 Å². The van der Waals surface area contributed by atoms with Crippen molar-refractivity contribution in [1.29, 1.82) is 0 Å². The fourth-order valence-corrected chi connectivity index (χ4v) is 3.94. The van der Waals surface area contributed by atoms with E-state index in [1.165, 1.54) is 43.8 Å². The Hall–Kier alpha value is -2.70. The number of hydrogen-bond donors (Lipinski definition) is 2. The molecule has 3 heterocycles. The summed E-state index contributed by atoms with van der Waals surface area (Å²) in [6, 6.07) is 6.02. The minimum Gasteiger partial charge on any atom is -0.390 e. The van der Waals surface area contributed by atoms with Gasteiger partial charge >= 0.3 is 11.6 Å². The molecule has 1 aliphatic heterocycles. The van der Waals surface area contributed by atoms with Crippen LogP contribution in [0, 0.1) is 20.2 Å². The van der Waals surface area contributed by atoms with Crippen molar-refractivity contribution in [2.24, 2.45) is 0 Å². The summed E-state index contributed by atoms with van der Waals surface area (Å²) in [4.78, 5) is 28.9. The number of rotatable bonds is 3. The minimum atomic E-state index is -0.593. The number of anilines is 1. The Bertz CT molecular complexity index is 951. The predicted molar refractivity (Wildman–Crippen MR) is 135 cm³/mol. The molecule has 2 aromatic rings. The Morgan fingerprint density at radius 1 is 0.829 bits per heavy atom. The van der Waals surface area contributed by atoms with E-state index in [2.05, 4.69) is 30.8 Å². The lowest BCUT2D eigenvalue weighted by molar-refractivity contribution is -0.389. The van der Waals surface area contributed by atoms with Crippen molar-refractivity contribution >= 4 is 33.3 Å². The highest BCUT2D eigenvalue weighted by atomic mass is 79.9. The fraction of sp³-hybridized carbons (Fsp3) is 0.565. The van der Waals surface area contributed by atoms with Gasteiger partial charge in [0.15, 0.2) is 12.4 Å². The maximum Gasteiger partial charge on any atom is 0.363 e. The number of hydrogen-bond acceptors (Lipinski definition) is 9. The third-order valence-electron chi connectivity index (χ3n) is 5.95. The van der Waals surface area contributed by atoms with E-state index in [9.17, 15) is 30.4 Å². The first-order chi connectivity index (χ1) is 16.4. The maximum absolute atomic E-state index is 10.5. The highest BCUT2D eigenvalue weighted by Gasteiger charge is 2.28. The summed E-state index contributed by atoms with van der Waals surface area (Å²) in [5, 5.41) is 39.7. The number of nitro groups is 2. The second-order valence-electron chi connectivity index (χ2n) is 9.27. The topological polar surface area (TPSA) is 156 Å². The molecule has 2 fully saturated rings. The molecule has 12 heteroatoms. The molecule has 0 bridgehead atoms. The van der Waals surface area contributed by atoms with Crippen LogP contribution < -0.4 is 4.90 Å². The third kappa shape index (κ3) is 10.2. The van der Waals surface area contributed by atoms with Gasteiger partial charge in [0, 0.05) is 25.2 Å². The Morgan fingerprint density at radius 2 is 1.31 bits per heavy atom. The van der Waals surface area contributed by atoms with E-state index in [0.29, 0.717) is 12.8 Å². The van der Waals surface area contributed by atoms with Gasteiger partial charge in [-0.2, -0.15) is 0 Å². The molecule has 2 aromatic heterocycles. The lowest BCUT2D eigenvalue weighted by Gasteiger charge is -2.36. The number of halogens is 1. The van der Waals surface area contributed by atoms with E-state index in [1.54, 1.807) is 12.1 Å². The molecule has 35 heavy (non-hydrogen) atoms. The van der Waals surface area contributed by atoms with Crippen LogP contribution in [0.5, 0.6) is 0 Å². The zero-order valence-corrected chi connectivity index (χ0v) is 21.6. The van der Waals surface area contributed by atoms with E-state index < -0.39 is 15.4 Å². The molecule has 0 unspecified atom stereocenters. The lowest BCUT2D eigenvalue weighted by atomic mass is 9.87. The molecule has 4 rings (SSSR count). The van der Waals surface area contributed by atoms with Crippen molar-refractivity contribution in [3.05, 3.63) is 61.4 Å². The molecule has 0 atom stereocenters. The second kappa shape index (κ2) is 12.8. The van der Waals surface area contributed by atoms with Crippen LogP contribution in [0.15, 0.2) is 41.1 Å². The average Bonchev–Trinajstić information content (AvgIpc) is 2.80. The van der Waals surface area contributed by atoms with Crippen molar-refractivity contribution in [2.45, 2.75) is 70.0 Å². The molecular formula is C23H32BrN5O6. The first-order valence-electron chi connectivity index (χ1n) is 11.4. The van der Waals surface area contributed by atoms with Crippen LogP contribution in [0.25, 0.3) is 0 Å². The highest BCUT2D eigenvalue weighted by molar-refractivity contribution is 9.10. The van der Waals surface area contributed by atoms with Gasteiger partial charge in [0.25, 0.3) is 0 Å². The van der Waals surface area contributed by atoms with Crippen LogP contribution in [0.1, 0.15) is 58.8 Å². The molecule has 1 saturated heterocycles. The van der Waals surface area contributed by atoms with Gasteiger partial charge in [0.1, 0.15) is 0 Å². The molecule has 0 amide bonds. The molecule has 1 saturated carbocycles. The maximum atomic E-state index is 10.5. The summed E-state index contributed by atoms with van der Waals surface area (Å²) in [6.45, 7) is 5.25. The zero-order valence-electron chi connectivity index (χ0n) is 20.0. The molecule has 2 N–H and O–H groups in total. The second-order valence-corrected chi connectivity index (χ2v) is 10.2. The van der Waals surface area contributed by atoms with Crippen LogP contribution in [0.2, 0.25) is 0 Å². The van der Waals surface area contributed by atoms with E-state index in [4.69, 9.17) is 0 Å². The monoisotopic (exact) mass is 553 g/mol. The van der Waals surface area contributed by atoms with Crippen LogP contribution in [-0.2, 0) is 0 Å². The average molecular weight is 554 g/mol. The van der Waals surface area contributed by atoms with Gasteiger partial charge in [-0.05, 0) is 87.4 Å². The Kier molecular flexibility index (Phi) is 10.5. The van der Waals surface area contributed by atoms with Gasteiger partial charge in [0.2, 0.25) is 0 Å². The summed E-state index contributed by atoms with van der Waals surface area (Å²) in [5.41, 5.74) is -0.0470. The predicted octanol–water partition coefficient (Wildman–Crippen LogP) is 4.79. The number of pyridine rings is 2. The third-order valence-corrected chi connectivity index (χ3v) is 6.42. The van der Waals surface area contributed by atoms with E-state index >= 15 is 0 Å². The van der Waals surface area contributed by atoms with Gasteiger partial charge < -0.3 is 35.3 Å². The van der Waals surface area contributed by atoms with Crippen LogP contribution in [0.4, 0.5) is 17.3 Å². The number of aromatic nitrogens is 2. The number of piperidine rings is 1. The van der Waals surface area contributed by atoms with Gasteiger partial charge in [0.05, 0.1) is 21.4 Å². The van der Waals surface area contributed by atoms with Gasteiger partial charge in [-0.1, -0.05) is 19.3 Å². The summed E-state index contributed by atoms with van der Waals surface area (Å²) in [6.07, 6.45) is 10.1. The quantitative estimate of drug-likeness (QED) is 0.402. The minimum absolute atomic E-state index is 0.136. The molecule has 192 valence electrons. The number of nitrogens with zero attached hydrogens (tertiary/aromatic N) is 5. The Morgan fingerprint density at radius 3 is 1.69 bits per heavy atom. The Labute approximate surface area is 212 Å². The van der Waals surface area contributed by atoms with Crippen LogP contribution in [-0.4, -0.2) is 54.3 Å². The van der Waals surface area contributed by atoms with Crippen molar-refractivity contribution in [1.82, 2.24) is 9.97 Å². The van der Waals surface area contributed by atoms with Crippen molar-refractivity contribution in [2.75, 3.05) is 18.0 Å². The SMILES string of the molecule is CC1(O)CCCCC1.CC1(O)CCN(c2ccc([N+](=O)[O-])nc2)CC1.O=[N+]([O-])c1ccc(Br)cn1. The van der Waals surface area contributed by atoms with Gasteiger partial charge in [-0.15, -0.1) is 0 Å². The van der Waals surface area contributed by atoms with E-state index in [0.717, 1.165) is 36.1 Å². The van der Waals surface area contributed by atoms with Crippen LogP contribution >= 0.6 is 15.9 Å². The first kappa shape index (κ1) is 28.5. The normalized spacial score (nSPS) is 18.3. The molecule has 2 aliphatic rings. The Balaban J connectivity index is 0.000000204. The largest absolute Gasteiger partial charge is 0.390 e. The summed E-state index contributed by atoms with van der Waals surface area (Å²) >= 11 is 3.11. The highest BCUT2D eigenvalue weighted by Crippen LogP contribution is 2.27. The first-order valence-corrected chi connectivity index (χ1v) is 12.2. The van der Waals surface area contributed by atoms with Crippen LogP contribution in [0.3, 0.4) is 0 Å². The fourth-order valence-electron chi connectivity index (χ4n) is 3.71. The molecular weight excluding hydrogens is 522 g/mol. The number of aliphatic hydroxyl groups is 2. The standard InChI is InChI=1S/C11H15N3O3.C7H14O.C5H3BrN2O2/c1-11(15)4-6-13(7-5-11)9-2-3-10(12-8-9)14(16)17;1-7(8)5-3-2-4-6-7;6-4-1-2-5(7-3-4)8(9)10/h2-3,8,15H,4-7H2,1H3;8H,2-6H2,1H3;1-3H.